The van der Waals surface area contributed by atoms with E-state index in [9.17, 15) is 13.6 Å². The van der Waals surface area contributed by atoms with Crippen molar-refractivity contribution in [3.05, 3.63) is 34.9 Å². The van der Waals surface area contributed by atoms with Crippen molar-refractivity contribution in [3.8, 4) is 0 Å². The van der Waals surface area contributed by atoms with E-state index in [1.54, 1.807) is 4.90 Å². The summed E-state index contributed by atoms with van der Waals surface area (Å²) in [6.45, 7) is 2.25. The van der Waals surface area contributed by atoms with Gasteiger partial charge in [0.05, 0.1) is 5.56 Å². The third-order valence-electron chi connectivity index (χ3n) is 3.10. The van der Waals surface area contributed by atoms with Crippen molar-refractivity contribution < 1.29 is 13.6 Å². The van der Waals surface area contributed by atoms with Crippen molar-refractivity contribution in [3.63, 3.8) is 0 Å². The van der Waals surface area contributed by atoms with Gasteiger partial charge in [0.1, 0.15) is 11.6 Å². The highest BCUT2D eigenvalue weighted by Gasteiger charge is 2.33. The number of carbonyl (C=O) groups excluding carboxylic acids is 1. The molecule has 0 aliphatic heterocycles. The van der Waals surface area contributed by atoms with Crippen LogP contribution in [0.25, 0.3) is 0 Å². The first kappa shape index (κ1) is 13.0. The quantitative estimate of drug-likeness (QED) is 0.891. The van der Waals surface area contributed by atoms with Crippen molar-refractivity contribution in [1.82, 2.24) is 4.90 Å². The second-order valence-corrected chi connectivity index (χ2v) is 4.60. The van der Waals surface area contributed by atoms with Crippen molar-refractivity contribution >= 4 is 5.91 Å². The van der Waals surface area contributed by atoms with Gasteiger partial charge in [-0.2, -0.15) is 0 Å². The third kappa shape index (κ3) is 2.51. The van der Waals surface area contributed by atoms with Crippen LogP contribution in [0.5, 0.6) is 0 Å². The van der Waals surface area contributed by atoms with E-state index in [0.717, 1.165) is 18.9 Å². The van der Waals surface area contributed by atoms with Crippen molar-refractivity contribution in [2.75, 3.05) is 13.1 Å². The second-order valence-electron chi connectivity index (χ2n) is 4.60. The molecule has 1 amide bonds. The van der Waals surface area contributed by atoms with Crippen LogP contribution < -0.4 is 5.73 Å². The smallest absolute Gasteiger partial charge is 0.257 e. The van der Waals surface area contributed by atoms with E-state index in [0.29, 0.717) is 13.1 Å². The number of benzene rings is 1. The Bertz CT molecular complexity index is 472. The first-order chi connectivity index (χ1) is 8.54. The highest BCUT2D eigenvalue weighted by atomic mass is 19.1. The predicted octanol–water partition coefficient (Wildman–Crippen LogP) is 1.84. The molecular formula is C13H16F2N2O. The van der Waals surface area contributed by atoms with Crippen molar-refractivity contribution in [2.24, 2.45) is 5.73 Å². The fourth-order valence-corrected chi connectivity index (χ4v) is 1.95. The van der Waals surface area contributed by atoms with Gasteiger partial charge in [-0.1, -0.05) is 0 Å². The largest absolute Gasteiger partial charge is 0.334 e. The van der Waals surface area contributed by atoms with Crippen LogP contribution in [0.2, 0.25) is 0 Å². The molecule has 2 rings (SSSR count). The number of nitrogens with two attached hydrogens (primary N) is 1. The van der Waals surface area contributed by atoms with Gasteiger partial charge in [0.15, 0.2) is 0 Å². The number of hydrogen-bond donors (Lipinski definition) is 1. The summed E-state index contributed by atoms with van der Waals surface area (Å²) in [6.07, 6.45) is 1.85. The molecule has 0 atom stereocenters. The van der Waals surface area contributed by atoms with Crippen LogP contribution in [0.3, 0.4) is 0 Å². The van der Waals surface area contributed by atoms with Gasteiger partial charge in [-0.05, 0) is 31.4 Å². The second kappa shape index (κ2) is 5.02. The number of hydrogen-bond acceptors (Lipinski definition) is 2. The van der Waals surface area contributed by atoms with Gasteiger partial charge in [0.2, 0.25) is 0 Å². The minimum atomic E-state index is -0.814. The number of amides is 1. The molecule has 1 aliphatic rings. The van der Waals surface area contributed by atoms with Crippen molar-refractivity contribution in [2.45, 2.75) is 25.8 Å². The van der Waals surface area contributed by atoms with E-state index in [-0.39, 0.29) is 17.2 Å². The molecule has 1 aromatic rings. The summed E-state index contributed by atoms with van der Waals surface area (Å²) in [5, 5.41) is 0. The Balaban J connectivity index is 2.29. The Labute approximate surface area is 105 Å². The number of rotatable bonds is 4. The molecule has 0 unspecified atom stereocenters. The van der Waals surface area contributed by atoms with Gasteiger partial charge in [-0.3, -0.25) is 4.79 Å². The van der Waals surface area contributed by atoms with Crippen LogP contribution >= 0.6 is 0 Å². The number of carbonyl (C=O) groups is 1. The minimum absolute atomic E-state index is 0.0748. The number of halogens is 2. The SMILES string of the molecule is Cc1cc(C(=O)N(CCN)C2CC2)c(F)cc1F. The average Bonchev–Trinajstić information content (AvgIpc) is 3.14. The highest BCUT2D eigenvalue weighted by Crippen LogP contribution is 2.28. The van der Waals surface area contributed by atoms with Gasteiger partial charge in [0.25, 0.3) is 5.91 Å². The van der Waals surface area contributed by atoms with Crippen molar-refractivity contribution in [1.29, 1.82) is 0 Å². The fraction of sp³-hybridized carbons (Fsp3) is 0.462. The molecule has 3 nitrogen and oxygen atoms in total. The highest BCUT2D eigenvalue weighted by molar-refractivity contribution is 5.95. The van der Waals surface area contributed by atoms with Crippen LogP contribution in [0.4, 0.5) is 8.78 Å². The molecule has 98 valence electrons. The lowest BCUT2D eigenvalue weighted by Crippen LogP contribution is -2.37. The van der Waals surface area contributed by atoms with E-state index >= 15 is 0 Å². The summed E-state index contributed by atoms with van der Waals surface area (Å²) in [5.74, 6) is -1.85. The van der Waals surface area contributed by atoms with Gasteiger partial charge in [-0.25, -0.2) is 8.78 Å². The molecule has 5 heteroatoms. The molecule has 1 aromatic carbocycles. The van der Waals surface area contributed by atoms with Gasteiger partial charge in [0, 0.05) is 25.2 Å². The summed E-state index contributed by atoms with van der Waals surface area (Å²) in [6, 6.07) is 2.18. The summed E-state index contributed by atoms with van der Waals surface area (Å²) in [4.78, 5) is 13.8. The van der Waals surface area contributed by atoms with Crippen LogP contribution in [-0.2, 0) is 0 Å². The zero-order chi connectivity index (χ0) is 13.3. The van der Waals surface area contributed by atoms with E-state index in [1.165, 1.54) is 13.0 Å². The molecule has 0 aromatic heterocycles. The first-order valence-electron chi connectivity index (χ1n) is 6.01. The lowest BCUT2D eigenvalue weighted by molar-refractivity contribution is 0.0743. The topological polar surface area (TPSA) is 46.3 Å². The molecule has 0 bridgehead atoms. The van der Waals surface area contributed by atoms with E-state index in [4.69, 9.17) is 5.73 Å². The fourth-order valence-electron chi connectivity index (χ4n) is 1.95. The lowest BCUT2D eigenvalue weighted by atomic mass is 10.1. The van der Waals surface area contributed by atoms with Gasteiger partial charge in [-0.15, -0.1) is 0 Å². The molecule has 0 heterocycles. The molecule has 0 radical (unpaired) electrons. The maximum absolute atomic E-state index is 13.6. The Morgan fingerprint density at radius 1 is 1.39 bits per heavy atom. The Morgan fingerprint density at radius 2 is 2.06 bits per heavy atom. The predicted molar refractivity (Wildman–Crippen MR) is 64.2 cm³/mol. The Morgan fingerprint density at radius 3 is 2.61 bits per heavy atom. The van der Waals surface area contributed by atoms with Gasteiger partial charge >= 0.3 is 0 Å². The molecule has 1 fully saturated rings. The Hall–Kier alpha value is -1.49. The third-order valence-corrected chi connectivity index (χ3v) is 3.10. The zero-order valence-electron chi connectivity index (χ0n) is 10.2. The Kier molecular flexibility index (Phi) is 3.61. The van der Waals surface area contributed by atoms with Crippen LogP contribution in [0, 0.1) is 18.6 Å². The maximum Gasteiger partial charge on any atom is 0.257 e. The summed E-state index contributed by atoms with van der Waals surface area (Å²) in [5.41, 5.74) is 5.65. The minimum Gasteiger partial charge on any atom is -0.334 e. The first-order valence-corrected chi connectivity index (χ1v) is 6.01. The van der Waals surface area contributed by atoms with E-state index in [2.05, 4.69) is 0 Å². The van der Waals surface area contributed by atoms with Crippen LogP contribution in [0.15, 0.2) is 12.1 Å². The van der Waals surface area contributed by atoms with Crippen LogP contribution in [-0.4, -0.2) is 29.9 Å². The molecule has 1 saturated carbocycles. The molecule has 18 heavy (non-hydrogen) atoms. The van der Waals surface area contributed by atoms with Gasteiger partial charge < -0.3 is 10.6 Å². The summed E-state index contributed by atoms with van der Waals surface area (Å²) in [7, 11) is 0. The summed E-state index contributed by atoms with van der Waals surface area (Å²) < 4.78 is 26.8. The molecule has 2 N–H and O–H groups in total. The van der Waals surface area contributed by atoms with Crippen LogP contribution in [0.1, 0.15) is 28.8 Å². The molecule has 0 spiro atoms. The maximum atomic E-state index is 13.6. The van der Waals surface area contributed by atoms with E-state index in [1.807, 2.05) is 0 Å². The molecule has 1 aliphatic carbocycles. The number of aryl methyl sites for hydroxylation is 1. The average molecular weight is 254 g/mol. The normalized spacial score (nSPS) is 14.7. The zero-order valence-corrected chi connectivity index (χ0v) is 10.2. The molecule has 0 saturated heterocycles. The standard InChI is InChI=1S/C13H16F2N2O/c1-8-6-10(12(15)7-11(8)14)13(18)17(5-4-16)9-2-3-9/h6-7,9H,2-5,16H2,1H3. The lowest BCUT2D eigenvalue weighted by Gasteiger charge is -2.22. The molecular weight excluding hydrogens is 238 g/mol. The summed E-state index contributed by atoms with van der Waals surface area (Å²) >= 11 is 0. The monoisotopic (exact) mass is 254 g/mol. The number of nitrogens with zero attached hydrogens (tertiary/aromatic N) is 1. The van der Waals surface area contributed by atoms with E-state index < -0.39 is 17.5 Å².